The fourth-order valence-electron chi connectivity index (χ4n) is 4.48. The van der Waals surface area contributed by atoms with Crippen molar-refractivity contribution in [3.8, 4) is 0 Å². The van der Waals surface area contributed by atoms with Gasteiger partial charge in [0, 0.05) is 25.1 Å². The monoisotopic (exact) mass is 252 g/mol. The summed E-state index contributed by atoms with van der Waals surface area (Å²) in [5.41, 5.74) is 0.391. The summed E-state index contributed by atoms with van der Waals surface area (Å²) in [5, 5.41) is 7.37. The van der Waals surface area contributed by atoms with Gasteiger partial charge in [-0.15, -0.1) is 0 Å². The minimum absolute atomic E-state index is 0.391. The van der Waals surface area contributed by atoms with Crippen LogP contribution in [0.3, 0.4) is 0 Å². The second-order valence-electron chi connectivity index (χ2n) is 6.85. The Morgan fingerprint density at radius 1 is 1.22 bits per heavy atom. The van der Waals surface area contributed by atoms with E-state index in [1.54, 1.807) is 0 Å². The third kappa shape index (κ3) is 2.59. The Kier molecular flexibility index (Phi) is 3.92. The lowest BCUT2D eigenvalue weighted by atomic mass is 9.79. The number of hydrogen-bond acceptors (Lipinski definition) is 3. The number of hydrogen-bond donors (Lipinski definition) is 2. The first-order chi connectivity index (χ1) is 8.81. The largest absolute Gasteiger partial charge is 0.384 e. The topological polar surface area (TPSA) is 33.3 Å². The van der Waals surface area contributed by atoms with Crippen molar-refractivity contribution in [1.82, 2.24) is 10.6 Å². The summed E-state index contributed by atoms with van der Waals surface area (Å²) in [4.78, 5) is 0. The molecule has 0 radical (unpaired) electrons. The van der Waals surface area contributed by atoms with Crippen LogP contribution in [0.4, 0.5) is 0 Å². The molecule has 104 valence electrons. The second-order valence-corrected chi connectivity index (χ2v) is 6.85. The van der Waals surface area contributed by atoms with E-state index in [1.807, 2.05) is 7.11 Å². The summed E-state index contributed by atoms with van der Waals surface area (Å²) in [6, 6.07) is 0.812. The van der Waals surface area contributed by atoms with E-state index >= 15 is 0 Å². The molecule has 3 aliphatic rings. The Balaban J connectivity index is 1.53. The molecule has 3 fully saturated rings. The number of fused-ring (bicyclic) bond motifs is 2. The highest BCUT2D eigenvalue weighted by Crippen LogP contribution is 2.44. The van der Waals surface area contributed by atoms with E-state index in [1.165, 1.54) is 38.5 Å². The molecule has 0 aromatic heterocycles. The van der Waals surface area contributed by atoms with Crippen molar-refractivity contribution in [2.24, 2.45) is 17.3 Å². The standard InChI is InChI=1S/C15H28N2O/c1-18-11-15(4-6-16-7-5-15)10-17-14-9-12-2-3-13(14)8-12/h12-14,16-17H,2-11H2,1H3. The van der Waals surface area contributed by atoms with Crippen molar-refractivity contribution in [2.45, 2.75) is 44.6 Å². The van der Waals surface area contributed by atoms with Crippen LogP contribution in [0.2, 0.25) is 0 Å². The van der Waals surface area contributed by atoms with Crippen molar-refractivity contribution in [1.29, 1.82) is 0 Å². The van der Waals surface area contributed by atoms with Crippen molar-refractivity contribution in [2.75, 3.05) is 33.4 Å². The van der Waals surface area contributed by atoms with E-state index in [9.17, 15) is 0 Å². The van der Waals surface area contributed by atoms with E-state index in [-0.39, 0.29) is 0 Å². The first-order valence-electron chi connectivity index (χ1n) is 7.74. The van der Waals surface area contributed by atoms with Gasteiger partial charge in [-0.05, 0) is 57.0 Å². The van der Waals surface area contributed by atoms with E-state index in [0.717, 1.165) is 44.1 Å². The number of ether oxygens (including phenoxy) is 1. The molecule has 3 unspecified atom stereocenters. The Morgan fingerprint density at radius 2 is 2.06 bits per heavy atom. The normalized spacial score (nSPS) is 38.2. The van der Waals surface area contributed by atoms with Gasteiger partial charge < -0.3 is 15.4 Å². The highest BCUT2D eigenvalue weighted by atomic mass is 16.5. The number of nitrogens with one attached hydrogen (secondary N) is 2. The predicted molar refractivity (Wildman–Crippen MR) is 73.7 cm³/mol. The molecule has 3 rings (SSSR count). The minimum Gasteiger partial charge on any atom is -0.384 e. The van der Waals surface area contributed by atoms with Crippen LogP contribution in [-0.2, 0) is 4.74 Å². The van der Waals surface area contributed by atoms with Crippen molar-refractivity contribution in [3.63, 3.8) is 0 Å². The third-order valence-corrected chi connectivity index (χ3v) is 5.59. The van der Waals surface area contributed by atoms with Crippen LogP contribution in [0, 0.1) is 17.3 Å². The first-order valence-corrected chi connectivity index (χ1v) is 7.74. The van der Waals surface area contributed by atoms with Gasteiger partial charge in [0.25, 0.3) is 0 Å². The lowest BCUT2D eigenvalue weighted by Crippen LogP contribution is -2.49. The van der Waals surface area contributed by atoms with Gasteiger partial charge in [-0.25, -0.2) is 0 Å². The molecular formula is C15H28N2O. The van der Waals surface area contributed by atoms with Crippen LogP contribution < -0.4 is 10.6 Å². The maximum absolute atomic E-state index is 5.49. The number of methoxy groups -OCH3 is 1. The molecule has 0 spiro atoms. The Bertz CT molecular complexity index is 270. The molecule has 2 N–H and O–H groups in total. The lowest BCUT2D eigenvalue weighted by molar-refractivity contribution is 0.0498. The Hall–Kier alpha value is -0.120. The van der Waals surface area contributed by atoms with Gasteiger partial charge in [-0.3, -0.25) is 0 Å². The zero-order valence-electron chi connectivity index (χ0n) is 11.7. The molecule has 2 saturated carbocycles. The molecule has 3 atom stereocenters. The predicted octanol–water partition coefficient (Wildman–Crippen LogP) is 1.78. The molecule has 0 amide bonds. The summed E-state index contributed by atoms with van der Waals surface area (Å²) < 4.78 is 5.49. The van der Waals surface area contributed by atoms with Crippen LogP contribution in [-0.4, -0.2) is 39.4 Å². The van der Waals surface area contributed by atoms with Gasteiger partial charge in [0.1, 0.15) is 0 Å². The molecule has 18 heavy (non-hydrogen) atoms. The highest BCUT2D eigenvalue weighted by molar-refractivity contribution is 4.96. The summed E-state index contributed by atoms with van der Waals surface area (Å²) >= 11 is 0. The average molecular weight is 252 g/mol. The van der Waals surface area contributed by atoms with Gasteiger partial charge in [0.05, 0.1) is 6.61 Å². The van der Waals surface area contributed by atoms with Crippen LogP contribution in [0.1, 0.15) is 38.5 Å². The molecule has 3 nitrogen and oxygen atoms in total. The van der Waals surface area contributed by atoms with Gasteiger partial charge in [0.2, 0.25) is 0 Å². The number of piperidine rings is 1. The smallest absolute Gasteiger partial charge is 0.0531 e. The molecule has 0 aromatic carbocycles. The Labute approximate surface area is 111 Å². The maximum atomic E-state index is 5.49. The van der Waals surface area contributed by atoms with E-state index in [4.69, 9.17) is 4.74 Å². The lowest BCUT2D eigenvalue weighted by Gasteiger charge is -2.39. The van der Waals surface area contributed by atoms with Crippen molar-refractivity contribution in [3.05, 3.63) is 0 Å². The van der Waals surface area contributed by atoms with Gasteiger partial charge >= 0.3 is 0 Å². The molecule has 3 heteroatoms. The summed E-state index contributed by atoms with van der Waals surface area (Å²) in [7, 11) is 1.85. The average Bonchev–Trinajstić information content (AvgIpc) is 3.00. The molecule has 2 aliphatic carbocycles. The van der Waals surface area contributed by atoms with Gasteiger partial charge in [-0.1, -0.05) is 6.42 Å². The fraction of sp³-hybridized carbons (Fsp3) is 1.00. The van der Waals surface area contributed by atoms with Gasteiger partial charge in [-0.2, -0.15) is 0 Å². The summed E-state index contributed by atoms with van der Waals surface area (Å²) in [6.45, 7) is 4.39. The molecular weight excluding hydrogens is 224 g/mol. The van der Waals surface area contributed by atoms with Crippen molar-refractivity contribution >= 4 is 0 Å². The molecule has 0 aromatic rings. The maximum Gasteiger partial charge on any atom is 0.0531 e. The Morgan fingerprint density at radius 3 is 2.67 bits per heavy atom. The van der Waals surface area contributed by atoms with E-state index in [2.05, 4.69) is 10.6 Å². The number of rotatable bonds is 5. The van der Waals surface area contributed by atoms with Gasteiger partial charge in [0.15, 0.2) is 0 Å². The fourth-order valence-corrected chi connectivity index (χ4v) is 4.48. The molecule has 1 heterocycles. The van der Waals surface area contributed by atoms with Crippen molar-refractivity contribution < 1.29 is 4.74 Å². The van der Waals surface area contributed by atoms with E-state index < -0.39 is 0 Å². The molecule has 2 bridgehead atoms. The molecule has 1 aliphatic heterocycles. The quantitative estimate of drug-likeness (QED) is 0.782. The zero-order valence-corrected chi connectivity index (χ0v) is 11.7. The van der Waals surface area contributed by atoms with Crippen LogP contribution >= 0.6 is 0 Å². The minimum atomic E-state index is 0.391. The third-order valence-electron chi connectivity index (χ3n) is 5.59. The second kappa shape index (κ2) is 5.48. The van der Waals surface area contributed by atoms with Crippen LogP contribution in [0.15, 0.2) is 0 Å². The SMILES string of the molecule is COCC1(CNC2CC3CCC2C3)CCNCC1. The molecule has 1 saturated heterocycles. The van der Waals surface area contributed by atoms with Crippen LogP contribution in [0.25, 0.3) is 0 Å². The van der Waals surface area contributed by atoms with E-state index in [0.29, 0.717) is 5.41 Å². The van der Waals surface area contributed by atoms with Crippen LogP contribution in [0.5, 0.6) is 0 Å². The highest BCUT2D eigenvalue weighted by Gasteiger charge is 2.41. The summed E-state index contributed by atoms with van der Waals surface area (Å²) in [5.74, 6) is 2.02. The first kappa shape index (κ1) is 12.9. The summed E-state index contributed by atoms with van der Waals surface area (Å²) in [6.07, 6.45) is 8.42. The zero-order chi connectivity index (χ0) is 12.4.